The average Bonchev–Trinajstić information content (AvgIpc) is 2.53. The number of methoxy groups -OCH3 is 1. The molecule has 0 aliphatic carbocycles. The lowest BCUT2D eigenvalue weighted by molar-refractivity contribution is -0.137. The van der Waals surface area contributed by atoms with Crippen LogP contribution in [-0.2, 0) is 10.9 Å². The Morgan fingerprint density at radius 3 is 2.42 bits per heavy atom. The molecule has 0 radical (unpaired) electrons. The van der Waals surface area contributed by atoms with E-state index in [1.807, 2.05) is 0 Å². The molecule has 2 rings (SSSR count). The van der Waals surface area contributed by atoms with Gasteiger partial charge in [-0.3, -0.25) is 4.79 Å². The SMILES string of the molecule is COC(=O)c1c(Cl)cccc1NC(=O)c1cccc(C(F)(F)F)c1. The molecule has 0 heterocycles. The van der Waals surface area contributed by atoms with Crippen molar-refractivity contribution in [1.82, 2.24) is 0 Å². The molecule has 0 spiro atoms. The Morgan fingerprint density at radius 2 is 1.79 bits per heavy atom. The fraction of sp³-hybridized carbons (Fsp3) is 0.125. The van der Waals surface area contributed by atoms with E-state index in [0.717, 1.165) is 25.3 Å². The first-order chi connectivity index (χ1) is 11.2. The quantitative estimate of drug-likeness (QED) is 0.828. The summed E-state index contributed by atoms with van der Waals surface area (Å²) in [6.07, 6.45) is -4.57. The van der Waals surface area contributed by atoms with Gasteiger partial charge < -0.3 is 10.1 Å². The number of amides is 1. The molecule has 0 aliphatic heterocycles. The van der Waals surface area contributed by atoms with E-state index in [1.54, 1.807) is 0 Å². The van der Waals surface area contributed by atoms with Gasteiger partial charge in [-0.25, -0.2) is 4.79 Å². The summed E-state index contributed by atoms with van der Waals surface area (Å²) < 4.78 is 42.7. The number of rotatable bonds is 3. The third-order valence-electron chi connectivity index (χ3n) is 3.10. The zero-order valence-electron chi connectivity index (χ0n) is 12.3. The lowest BCUT2D eigenvalue weighted by Gasteiger charge is -2.12. The fourth-order valence-electron chi connectivity index (χ4n) is 1.97. The fourth-order valence-corrected chi connectivity index (χ4v) is 2.22. The minimum atomic E-state index is -4.57. The average molecular weight is 358 g/mol. The van der Waals surface area contributed by atoms with Crippen molar-refractivity contribution in [2.75, 3.05) is 12.4 Å². The summed E-state index contributed by atoms with van der Waals surface area (Å²) in [6.45, 7) is 0. The summed E-state index contributed by atoms with van der Waals surface area (Å²) in [5.41, 5.74) is -1.20. The molecule has 0 unspecified atom stereocenters. The molecular formula is C16H11ClF3NO3. The lowest BCUT2D eigenvalue weighted by Crippen LogP contribution is -2.16. The Bertz CT molecular complexity index is 790. The van der Waals surface area contributed by atoms with E-state index in [2.05, 4.69) is 10.1 Å². The van der Waals surface area contributed by atoms with Gasteiger partial charge in [0.15, 0.2) is 0 Å². The Balaban J connectivity index is 2.35. The van der Waals surface area contributed by atoms with Crippen LogP contribution in [0.5, 0.6) is 0 Å². The maximum absolute atomic E-state index is 12.7. The molecule has 0 aromatic heterocycles. The van der Waals surface area contributed by atoms with E-state index in [1.165, 1.54) is 24.3 Å². The molecule has 8 heteroatoms. The number of esters is 1. The number of carbonyl (C=O) groups excluding carboxylic acids is 2. The van der Waals surface area contributed by atoms with E-state index in [4.69, 9.17) is 11.6 Å². The van der Waals surface area contributed by atoms with Gasteiger partial charge in [0, 0.05) is 5.56 Å². The molecule has 0 bridgehead atoms. The number of halogens is 4. The van der Waals surface area contributed by atoms with Crippen molar-refractivity contribution >= 4 is 29.2 Å². The normalized spacial score (nSPS) is 11.0. The van der Waals surface area contributed by atoms with Crippen molar-refractivity contribution in [2.24, 2.45) is 0 Å². The van der Waals surface area contributed by atoms with Crippen molar-refractivity contribution in [3.05, 3.63) is 64.2 Å². The number of ether oxygens (including phenoxy) is 1. The number of benzene rings is 2. The highest BCUT2D eigenvalue weighted by atomic mass is 35.5. The third kappa shape index (κ3) is 3.86. The highest BCUT2D eigenvalue weighted by molar-refractivity contribution is 6.34. The van der Waals surface area contributed by atoms with Gasteiger partial charge in [-0.15, -0.1) is 0 Å². The number of anilines is 1. The monoisotopic (exact) mass is 357 g/mol. The molecule has 4 nitrogen and oxygen atoms in total. The summed E-state index contributed by atoms with van der Waals surface area (Å²) in [5, 5.41) is 2.42. The van der Waals surface area contributed by atoms with Crippen molar-refractivity contribution in [3.8, 4) is 0 Å². The molecule has 0 atom stereocenters. The Kier molecular flexibility index (Phi) is 5.14. The number of hydrogen-bond donors (Lipinski definition) is 1. The van der Waals surface area contributed by atoms with Crippen molar-refractivity contribution in [3.63, 3.8) is 0 Å². The van der Waals surface area contributed by atoms with Gasteiger partial charge in [-0.05, 0) is 30.3 Å². The van der Waals surface area contributed by atoms with Crippen LogP contribution >= 0.6 is 11.6 Å². The predicted molar refractivity (Wildman–Crippen MR) is 82.2 cm³/mol. The van der Waals surface area contributed by atoms with Crippen LogP contribution in [0.4, 0.5) is 18.9 Å². The molecule has 0 saturated carbocycles. The van der Waals surface area contributed by atoms with Crippen LogP contribution in [0.2, 0.25) is 5.02 Å². The molecule has 2 aromatic carbocycles. The molecule has 24 heavy (non-hydrogen) atoms. The summed E-state index contributed by atoms with van der Waals surface area (Å²) in [7, 11) is 1.14. The van der Waals surface area contributed by atoms with Crippen LogP contribution in [0, 0.1) is 0 Å². The third-order valence-corrected chi connectivity index (χ3v) is 3.42. The maximum atomic E-state index is 12.7. The second-order valence-electron chi connectivity index (χ2n) is 4.69. The molecule has 0 saturated heterocycles. The molecular weight excluding hydrogens is 347 g/mol. The number of alkyl halides is 3. The minimum absolute atomic E-state index is 0.0387. The van der Waals surface area contributed by atoms with Crippen molar-refractivity contribution in [2.45, 2.75) is 6.18 Å². The van der Waals surface area contributed by atoms with E-state index >= 15 is 0 Å². The van der Waals surface area contributed by atoms with E-state index < -0.39 is 23.6 Å². The first-order valence-corrected chi connectivity index (χ1v) is 6.97. The van der Waals surface area contributed by atoms with Gasteiger partial charge >= 0.3 is 12.1 Å². The van der Waals surface area contributed by atoms with Gasteiger partial charge in [0.25, 0.3) is 5.91 Å². The molecule has 2 aromatic rings. The van der Waals surface area contributed by atoms with Gasteiger partial charge in [0.1, 0.15) is 5.56 Å². The largest absolute Gasteiger partial charge is 0.465 e. The minimum Gasteiger partial charge on any atom is -0.465 e. The van der Waals surface area contributed by atoms with E-state index in [9.17, 15) is 22.8 Å². The van der Waals surface area contributed by atoms with E-state index in [0.29, 0.717) is 0 Å². The summed E-state index contributed by atoms with van der Waals surface area (Å²) in [5.74, 6) is -1.59. The Labute approximate surface area is 140 Å². The van der Waals surface area contributed by atoms with Crippen LogP contribution in [0.15, 0.2) is 42.5 Å². The molecule has 126 valence electrons. The molecule has 1 amide bonds. The first kappa shape index (κ1) is 17.8. The lowest BCUT2D eigenvalue weighted by atomic mass is 10.1. The van der Waals surface area contributed by atoms with Crippen molar-refractivity contribution < 1.29 is 27.5 Å². The Morgan fingerprint density at radius 1 is 1.12 bits per heavy atom. The maximum Gasteiger partial charge on any atom is 0.416 e. The first-order valence-electron chi connectivity index (χ1n) is 6.59. The highest BCUT2D eigenvalue weighted by Gasteiger charge is 2.31. The van der Waals surface area contributed by atoms with Crippen LogP contribution in [0.25, 0.3) is 0 Å². The van der Waals surface area contributed by atoms with Crippen LogP contribution in [0.3, 0.4) is 0 Å². The Hall–Kier alpha value is -2.54. The van der Waals surface area contributed by atoms with Crippen molar-refractivity contribution in [1.29, 1.82) is 0 Å². The molecule has 1 N–H and O–H groups in total. The zero-order chi connectivity index (χ0) is 17.9. The summed E-state index contributed by atoms with van der Waals surface area (Å²) in [6, 6.07) is 8.23. The van der Waals surface area contributed by atoms with Gasteiger partial charge in [0.2, 0.25) is 0 Å². The smallest absolute Gasteiger partial charge is 0.416 e. The second-order valence-corrected chi connectivity index (χ2v) is 5.09. The predicted octanol–water partition coefficient (Wildman–Crippen LogP) is 4.40. The van der Waals surface area contributed by atoms with E-state index in [-0.39, 0.29) is 21.8 Å². The highest BCUT2D eigenvalue weighted by Crippen LogP contribution is 2.30. The van der Waals surface area contributed by atoms with Gasteiger partial charge in [0.05, 0.1) is 23.4 Å². The summed E-state index contributed by atoms with van der Waals surface area (Å²) in [4.78, 5) is 23.9. The zero-order valence-corrected chi connectivity index (χ0v) is 13.0. The molecule has 0 aliphatic rings. The second kappa shape index (κ2) is 6.92. The molecule has 0 fully saturated rings. The van der Waals surface area contributed by atoms with Gasteiger partial charge in [-0.1, -0.05) is 23.7 Å². The summed E-state index contributed by atoms with van der Waals surface area (Å²) >= 11 is 5.92. The number of hydrogen-bond acceptors (Lipinski definition) is 3. The van der Waals surface area contributed by atoms with Crippen LogP contribution in [0.1, 0.15) is 26.3 Å². The number of carbonyl (C=O) groups is 2. The van der Waals surface area contributed by atoms with Crippen LogP contribution < -0.4 is 5.32 Å². The standard InChI is InChI=1S/C16H11ClF3NO3/c1-24-15(23)13-11(17)6-3-7-12(13)21-14(22)9-4-2-5-10(8-9)16(18,19)20/h2-8H,1H3,(H,21,22). The topological polar surface area (TPSA) is 55.4 Å². The number of nitrogens with one attached hydrogen (secondary N) is 1. The van der Waals surface area contributed by atoms with Crippen LogP contribution in [-0.4, -0.2) is 19.0 Å². The van der Waals surface area contributed by atoms with Gasteiger partial charge in [-0.2, -0.15) is 13.2 Å².